The molecule has 4 nitrogen and oxygen atoms in total. The summed E-state index contributed by atoms with van der Waals surface area (Å²) in [5.74, 6) is -0.212. The van der Waals surface area contributed by atoms with E-state index in [-0.39, 0.29) is 5.69 Å². The molecule has 6 N–H and O–H groups in total. The van der Waals surface area contributed by atoms with Gasteiger partial charge in [-0.3, -0.25) is 4.79 Å². The highest BCUT2D eigenvalue weighted by molar-refractivity contribution is 5.92. The van der Waals surface area contributed by atoms with E-state index in [0.29, 0.717) is 5.56 Å². The van der Waals surface area contributed by atoms with E-state index < -0.39 is 17.3 Å². The van der Waals surface area contributed by atoms with Gasteiger partial charge in [0.05, 0.1) is 11.2 Å². The number of hydrogen-bond acceptors (Lipinski definition) is 3. The summed E-state index contributed by atoms with van der Waals surface area (Å²) in [5.41, 5.74) is 19.2. The van der Waals surface area contributed by atoms with E-state index >= 15 is 0 Å². The number of hydrogen-bond donors (Lipinski definition) is 3. The first-order valence-corrected chi connectivity index (χ1v) is 8.15. The maximum absolute atomic E-state index is 13.5. The molecule has 0 radical (unpaired) electrons. The number of benzene rings is 2. The van der Waals surface area contributed by atoms with Crippen LogP contribution < -0.4 is 17.2 Å². The molecular formula is C19H22FN3O. The van der Waals surface area contributed by atoms with E-state index in [1.807, 2.05) is 12.1 Å². The van der Waals surface area contributed by atoms with Crippen LogP contribution in [-0.4, -0.2) is 5.91 Å². The second kappa shape index (κ2) is 6.24. The van der Waals surface area contributed by atoms with Crippen molar-refractivity contribution in [1.29, 1.82) is 0 Å². The number of nitrogen functional groups attached to an aromatic ring is 1. The molecule has 126 valence electrons. The maximum atomic E-state index is 13.5. The summed E-state index contributed by atoms with van der Waals surface area (Å²) < 4.78 is 13.5. The number of nitrogens with two attached hydrogens (primary N) is 3. The van der Waals surface area contributed by atoms with Crippen LogP contribution in [0.25, 0.3) is 0 Å². The summed E-state index contributed by atoms with van der Waals surface area (Å²) in [4.78, 5) is 11.3. The average Bonchev–Trinajstić information content (AvgIpc) is 3.39. The molecular weight excluding hydrogens is 305 g/mol. The second-order valence-corrected chi connectivity index (χ2v) is 6.63. The van der Waals surface area contributed by atoms with Crippen molar-refractivity contribution >= 4 is 11.6 Å². The zero-order valence-corrected chi connectivity index (χ0v) is 13.5. The Balaban J connectivity index is 1.99. The lowest BCUT2D eigenvalue weighted by Gasteiger charge is -2.31. The van der Waals surface area contributed by atoms with Crippen LogP contribution in [0.4, 0.5) is 10.1 Å². The minimum atomic E-state index is -0.777. The van der Waals surface area contributed by atoms with Gasteiger partial charge in [0.15, 0.2) is 0 Å². The topological polar surface area (TPSA) is 95.1 Å². The minimum absolute atomic E-state index is 0.0857. The molecule has 1 saturated carbocycles. The van der Waals surface area contributed by atoms with Crippen LogP contribution in [0.15, 0.2) is 42.5 Å². The molecule has 0 heterocycles. The second-order valence-electron chi connectivity index (χ2n) is 6.63. The van der Waals surface area contributed by atoms with Gasteiger partial charge in [-0.25, -0.2) is 4.39 Å². The van der Waals surface area contributed by atoms with Crippen LogP contribution in [0.2, 0.25) is 0 Å². The maximum Gasteiger partial charge on any atom is 0.248 e. The van der Waals surface area contributed by atoms with Crippen molar-refractivity contribution in [1.82, 2.24) is 0 Å². The minimum Gasteiger partial charge on any atom is -0.396 e. The highest BCUT2D eigenvalue weighted by Crippen LogP contribution is 2.40. The van der Waals surface area contributed by atoms with Gasteiger partial charge in [0, 0.05) is 5.56 Å². The molecule has 1 amide bonds. The predicted octanol–water partition coefficient (Wildman–Crippen LogP) is 2.90. The van der Waals surface area contributed by atoms with Gasteiger partial charge in [0.1, 0.15) is 5.82 Å². The summed E-state index contributed by atoms with van der Waals surface area (Å²) in [7, 11) is 0. The molecule has 1 unspecified atom stereocenters. The Morgan fingerprint density at radius 1 is 1.12 bits per heavy atom. The van der Waals surface area contributed by atoms with Crippen molar-refractivity contribution in [3.8, 4) is 0 Å². The third-order valence-corrected chi connectivity index (χ3v) is 4.84. The average molecular weight is 327 g/mol. The monoisotopic (exact) mass is 327 g/mol. The Morgan fingerprint density at radius 2 is 1.75 bits per heavy atom. The summed E-state index contributed by atoms with van der Waals surface area (Å²) in [5, 5.41) is 0. The van der Waals surface area contributed by atoms with Gasteiger partial charge in [0.2, 0.25) is 5.91 Å². The van der Waals surface area contributed by atoms with E-state index in [0.717, 1.165) is 29.9 Å². The standard InChI is InChI=1S/C19H22FN3O/c20-16-8-7-15(11-17(16)21)19(23,10-9-12-1-2-12)14-5-3-13(4-6-14)18(22)24/h3-8,11-12H,1-2,9-10,21,23H2,(H2,22,24). The lowest BCUT2D eigenvalue weighted by molar-refractivity contribution is 0.1000. The molecule has 24 heavy (non-hydrogen) atoms. The Hall–Kier alpha value is -2.40. The normalized spacial score (nSPS) is 16.6. The highest BCUT2D eigenvalue weighted by atomic mass is 19.1. The third kappa shape index (κ3) is 3.26. The lowest BCUT2D eigenvalue weighted by atomic mass is 9.79. The molecule has 3 rings (SSSR count). The van der Waals surface area contributed by atoms with Gasteiger partial charge >= 0.3 is 0 Å². The third-order valence-electron chi connectivity index (χ3n) is 4.84. The van der Waals surface area contributed by atoms with Crippen molar-refractivity contribution in [2.75, 3.05) is 5.73 Å². The summed E-state index contributed by atoms with van der Waals surface area (Å²) in [6.45, 7) is 0. The molecule has 2 aromatic rings. The van der Waals surface area contributed by atoms with E-state index in [1.54, 1.807) is 24.3 Å². The first-order chi connectivity index (χ1) is 11.4. The smallest absolute Gasteiger partial charge is 0.248 e. The number of carbonyl (C=O) groups is 1. The number of halogens is 1. The number of amides is 1. The molecule has 0 spiro atoms. The molecule has 1 aliphatic rings. The summed E-state index contributed by atoms with van der Waals surface area (Å²) >= 11 is 0. The van der Waals surface area contributed by atoms with Crippen LogP contribution in [0.5, 0.6) is 0 Å². The van der Waals surface area contributed by atoms with Crippen LogP contribution in [0, 0.1) is 11.7 Å². The fourth-order valence-electron chi connectivity index (χ4n) is 3.05. The Morgan fingerprint density at radius 3 is 2.29 bits per heavy atom. The number of primary amides is 1. The Kier molecular flexibility index (Phi) is 4.28. The van der Waals surface area contributed by atoms with Gasteiger partial charge in [0.25, 0.3) is 0 Å². The number of carbonyl (C=O) groups excluding carboxylic acids is 1. The van der Waals surface area contributed by atoms with Gasteiger partial charge in [-0.05, 0) is 54.2 Å². The molecule has 2 aromatic carbocycles. The molecule has 0 aromatic heterocycles. The van der Waals surface area contributed by atoms with E-state index in [2.05, 4.69) is 0 Å². The van der Waals surface area contributed by atoms with Crippen molar-refractivity contribution in [2.45, 2.75) is 31.2 Å². The van der Waals surface area contributed by atoms with E-state index in [9.17, 15) is 9.18 Å². The molecule has 5 heteroatoms. The van der Waals surface area contributed by atoms with Gasteiger partial charge in [-0.2, -0.15) is 0 Å². The Labute approximate surface area is 140 Å². The molecule has 1 aliphatic carbocycles. The van der Waals surface area contributed by atoms with Crippen molar-refractivity contribution in [2.24, 2.45) is 17.4 Å². The fraction of sp³-hybridized carbons (Fsp3) is 0.316. The van der Waals surface area contributed by atoms with Crippen LogP contribution in [0.3, 0.4) is 0 Å². The van der Waals surface area contributed by atoms with Crippen molar-refractivity contribution in [3.63, 3.8) is 0 Å². The van der Waals surface area contributed by atoms with Crippen LogP contribution >= 0.6 is 0 Å². The van der Waals surface area contributed by atoms with Crippen molar-refractivity contribution < 1.29 is 9.18 Å². The molecule has 1 fully saturated rings. The van der Waals surface area contributed by atoms with E-state index in [4.69, 9.17) is 17.2 Å². The van der Waals surface area contributed by atoms with E-state index in [1.165, 1.54) is 18.9 Å². The first kappa shape index (κ1) is 16.5. The van der Waals surface area contributed by atoms with Gasteiger partial charge < -0.3 is 17.2 Å². The molecule has 0 aliphatic heterocycles. The lowest BCUT2D eigenvalue weighted by Crippen LogP contribution is -2.38. The predicted molar refractivity (Wildman–Crippen MR) is 92.7 cm³/mol. The quantitative estimate of drug-likeness (QED) is 0.712. The molecule has 0 saturated heterocycles. The number of rotatable bonds is 6. The zero-order valence-electron chi connectivity index (χ0n) is 13.5. The summed E-state index contributed by atoms with van der Waals surface area (Å²) in [6.07, 6.45) is 4.22. The molecule has 1 atom stereocenters. The Bertz CT molecular complexity index is 756. The van der Waals surface area contributed by atoms with Gasteiger partial charge in [-0.1, -0.05) is 31.0 Å². The summed E-state index contributed by atoms with van der Waals surface area (Å²) in [6, 6.07) is 11.6. The SMILES string of the molecule is NC(=O)c1ccc(C(N)(CCC2CC2)c2ccc(F)c(N)c2)cc1. The van der Waals surface area contributed by atoms with Gasteiger partial charge in [-0.15, -0.1) is 0 Å². The zero-order chi connectivity index (χ0) is 17.3. The number of anilines is 1. The van der Waals surface area contributed by atoms with Crippen molar-refractivity contribution in [3.05, 3.63) is 65.0 Å². The van der Waals surface area contributed by atoms with Crippen LogP contribution in [0.1, 0.15) is 47.2 Å². The van der Waals surface area contributed by atoms with Crippen LogP contribution in [-0.2, 0) is 5.54 Å². The first-order valence-electron chi connectivity index (χ1n) is 8.15. The fourth-order valence-corrected chi connectivity index (χ4v) is 3.05. The highest BCUT2D eigenvalue weighted by Gasteiger charge is 2.33. The largest absolute Gasteiger partial charge is 0.396 e. The molecule has 0 bridgehead atoms.